The van der Waals surface area contributed by atoms with E-state index in [9.17, 15) is 8.42 Å². The molecule has 1 unspecified atom stereocenters. The van der Waals surface area contributed by atoms with Gasteiger partial charge in [-0.1, -0.05) is 29.8 Å². The van der Waals surface area contributed by atoms with Gasteiger partial charge in [-0.25, -0.2) is 8.42 Å². The molecule has 106 valence electrons. The number of hydrogen-bond donors (Lipinski definition) is 0. The second kappa shape index (κ2) is 5.06. The molecular formula is C14H14ClNO2S2. The van der Waals surface area contributed by atoms with E-state index < -0.39 is 10.0 Å². The molecule has 0 spiro atoms. The monoisotopic (exact) mass is 327 g/mol. The van der Waals surface area contributed by atoms with Crippen LogP contribution in [0.5, 0.6) is 0 Å². The fraction of sp³-hybridized carbons (Fsp3) is 0.286. The van der Waals surface area contributed by atoms with E-state index in [-0.39, 0.29) is 6.04 Å². The fourth-order valence-electron chi connectivity index (χ4n) is 2.56. The topological polar surface area (TPSA) is 37.4 Å². The highest BCUT2D eigenvalue weighted by molar-refractivity contribution is 7.94. The van der Waals surface area contributed by atoms with Gasteiger partial charge in [0.1, 0.15) is 4.21 Å². The summed E-state index contributed by atoms with van der Waals surface area (Å²) in [7, 11) is -3.54. The Morgan fingerprint density at radius 3 is 2.70 bits per heavy atom. The summed E-state index contributed by atoms with van der Waals surface area (Å²) in [6.07, 6.45) is 1.74. The third-order valence-corrected chi connectivity index (χ3v) is 7.15. The Balaban J connectivity index is 2.13. The van der Waals surface area contributed by atoms with E-state index in [1.54, 1.807) is 12.1 Å². The summed E-state index contributed by atoms with van der Waals surface area (Å²) in [5.74, 6) is 0. The van der Waals surface area contributed by atoms with Gasteiger partial charge in [-0.15, -0.1) is 11.3 Å². The van der Waals surface area contributed by atoms with E-state index in [0.29, 0.717) is 8.55 Å². The smallest absolute Gasteiger partial charge is 0.263 e. The molecule has 1 aromatic carbocycles. The summed E-state index contributed by atoms with van der Waals surface area (Å²) < 4.78 is 28.0. The van der Waals surface area contributed by atoms with Gasteiger partial charge >= 0.3 is 0 Å². The zero-order valence-electron chi connectivity index (χ0n) is 10.9. The Kier molecular flexibility index (Phi) is 3.52. The van der Waals surface area contributed by atoms with Crippen LogP contribution in [-0.4, -0.2) is 14.5 Å². The number of fused-ring (bicyclic) bond motifs is 1. The molecule has 0 bridgehead atoms. The molecule has 1 aliphatic heterocycles. The number of anilines is 1. The third kappa shape index (κ3) is 2.24. The molecule has 3 nitrogen and oxygen atoms in total. The molecule has 0 amide bonds. The summed E-state index contributed by atoms with van der Waals surface area (Å²) >= 11 is 6.98. The molecule has 0 aliphatic carbocycles. The van der Waals surface area contributed by atoms with Crippen LogP contribution in [-0.2, 0) is 16.4 Å². The number of benzene rings is 1. The van der Waals surface area contributed by atoms with E-state index in [1.165, 1.54) is 4.31 Å². The van der Waals surface area contributed by atoms with Gasteiger partial charge in [0.2, 0.25) is 0 Å². The third-order valence-electron chi connectivity index (χ3n) is 3.52. The maximum atomic E-state index is 12.9. The highest BCUT2D eigenvalue weighted by atomic mass is 35.5. The lowest BCUT2D eigenvalue weighted by Crippen LogP contribution is -2.41. The van der Waals surface area contributed by atoms with Crippen LogP contribution in [0.1, 0.15) is 18.9 Å². The first-order valence-corrected chi connectivity index (χ1v) is 9.01. The van der Waals surface area contributed by atoms with Crippen LogP contribution in [0.15, 0.2) is 40.6 Å². The highest BCUT2D eigenvalue weighted by Crippen LogP contribution is 2.37. The normalized spacial score (nSPS) is 18.9. The van der Waals surface area contributed by atoms with E-state index >= 15 is 0 Å². The lowest BCUT2D eigenvalue weighted by molar-refractivity contribution is 0.565. The van der Waals surface area contributed by atoms with Gasteiger partial charge in [-0.3, -0.25) is 4.31 Å². The predicted octanol–water partition coefficient (Wildman–Crippen LogP) is 3.93. The number of hydrogen-bond acceptors (Lipinski definition) is 3. The summed E-state index contributed by atoms with van der Waals surface area (Å²) in [5, 5.41) is 0. The Hall–Kier alpha value is -1.04. The van der Waals surface area contributed by atoms with E-state index in [2.05, 4.69) is 0 Å². The van der Waals surface area contributed by atoms with Gasteiger partial charge in [0.25, 0.3) is 10.0 Å². The predicted molar refractivity (Wildman–Crippen MR) is 83.2 cm³/mol. The van der Waals surface area contributed by atoms with Crippen LogP contribution in [0.3, 0.4) is 0 Å². The van der Waals surface area contributed by atoms with Crippen LogP contribution >= 0.6 is 22.9 Å². The van der Waals surface area contributed by atoms with E-state index in [0.717, 1.165) is 35.4 Å². The molecule has 0 saturated heterocycles. The van der Waals surface area contributed by atoms with Crippen molar-refractivity contribution in [2.75, 3.05) is 4.31 Å². The van der Waals surface area contributed by atoms with Crippen LogP contribution in [0, 0.1) is 0 Å². The van der Waals surface area contributed by atoms with Crippen LogP contribution in [0.25, 0.3) is 0 Å². The number of thiophene rings is 1. The number of sulfonamides is 1. The summed E-state index contributed by atoms with van der Waals surface area (Å²) in [4.78, 5) is 0. The number of rotatable bonds is 2. The maximum Gasteiger partial charge on any atom is 0.274 e. The largest absolute Gasteiger partial charge is 0.274 e. The molecule has 0 N–H and O–H groups in total. The number of halogens is 1. The first-order valence-electron chi connectivity index (χ1n) is 6.38. The lowest BCUT2D eigenvalue weighted by Gasteiger charge is -2.35. The highest BCUT2D eigenvalue weighted by Gasteiger charge is 2.34. The Morgan fingerprint density at radius 1 is 1.25 bits per heavy atom. The molecule has 1 aliphatic rings. The molecule has 2 heterocycles. The molecule has 6 heteroatoms. The molecule has 3 rings (SSSR count). The second-order valence-corrected chi connectivity index (χ2v) is 8.63. The van der Waals surface area contributed by atoms with Crippen molar-refractivity contribution in [2.24, 2.45) is 0 Å². The van der Waals surface area contributed by atoms with Crippen LogP contribution < -0.4 is 4.31 Å². The molecule has 0 saturated carbocycles. The minimum Gasteiger partial charge on any atom is -0.263 e. The van der Waals surface area contributed by atoms with Crippen molar-refractivity contribution in [2.45, 2.75) is 30.0 Å². The van der Waals surface area contributed by atoms with Crippen LogP contribution in [0.4, 0.5) is 5.69 Å². The number of nitrogens with zero attached hydrogens (tertiary/aromatic N) is 1. The van der Waals surface area contributed by atoms with E-state index in [4.69, 9.17) is 11.6 Å². The zero-order valence-corrected chi connectivity index (χ0v) is 13.3. The van der Waals surface area contributed by atoms with Gasteiger partial charge in [-0.2, -0.15) is 0 Å². The first-order chi connectivity index (χ1) is 9.50. The van der Waals surface area contributed by atoms with Gasteiger partial charge in [-0.05, 0) is 43.5 Å². The van der Waals surface area contributed by atoms with Crippen molar-refractivity contribution in [1.29, 1.82) is 0 Å². The number of aryl methyl sites for hydroxylation is 1. The van der Waals surface area contributed by atoms with Crippen LogP contribution in [0.2, 0.25) is 4.34 Å². The fourth-order valence-corrected chi connectivity index (χ4v) is 5.85. The van der Waals surface area contributed by atoms with Gasteiger partial charge < -0.3 is 0 Å². The quantitative estimate of drug-likeness (QED) is 0.838. The van der Waals surface area contributed by atoms with Crippen molar-refractivity contribution in [3.05, 3.63) is 46.3 Å². The maximum absolute atomic E-state index is 12.9. The lowest BCUT2D eigenvalue weighted by atomic mass is 9.99. The minimum absolute atomic E-state index is 0.0456. The van der Waals surface area contributed by atoms with Gasteiger partial charge in [0.15, 0.2) is 0 Å². The Labute approximate surface area is 127 Å². The average molecular weight is 328 g/mol. The van der Waals surface area contributed by atoms with E-state index in [1.807, 2.05) is 31.2 Å². The molecule has 1 atom stereocenters. The molecule has 20 heavy (non-hydrogen) atoms. The van der Waals surface area contributed by atoms with Crippen molar-refractivity contribution in [3.8, 4) is 0 Å². The Bertz CT molecular complexity index is 739. The first kappa shape index (κ1) is 13.9. The standard InChI is InChI=1S/C14H14ClNO2S2/c1-10-6-7-11-4-2-3-5-12(11)16(10)20(17,18)14-9-8-13(15)19-14/h2-5,8-10H,6-7H2,1H3. The molecule has 0 radical (unpaired) electrons. The summed E-state index contributed by atoms with van der Waals surface area (Å²) in [5.41, 5.74) is 1.87. The average Bonchev–Trinajstić information content (AvgIpc) is 2.85. The molecule has 0 fully saturated rings. The SMILES string of the molecule is CC1CCc2ccccc2N1S(=O)(=O)c1ccc(Cl)s1. The summed E-state index contributed by atoms with van der Waals surface area (Å²) in [6.45, 7) is 1.95. The van der Waals surface area contributed by atoms with Crippen molar-refractivity contribution in [1.82, 2.24) is 0 Å². The van der Waals surface area contributed by atoms with Gasteiger partial charge in [0, 0.05) is 6.04 Å². The second-order valence-electron chi connectivity index (χ2n) is 4.88. The van der Waals surface area contributed by atoms with Crippen molar-refractivity contribution >= 4 is 38.6 Å². The Morgan fingerprint density at radius 2 is 2.00 bits per heavy atom. The zero-order chi connectivity index (χ0) is 14.3. The number of para-hydroxylation sites is 1. The molecular weight excluding hydrogens is 314 g/mol. The molecule has 1 aromatic heterocycles. The summed E-state index contributed by atoms with van der Waals surface area (Å²) in [6, 6.07) is 10.8. The van der Waals surface area contributed by atoms with Gasteiger partial charge in [0.05, 0.1) is 10.0 Å². The molecule has 2 aromatic rings. The van der Waals surface area contributed by atoms with Crippen molar-refractivity contribution < 1.29 is 8.42 Å². The minimum atomic E-state index is -3.54. The van der Waals surface area contributed by atoms with Crippen molar-refractivity contribution in [3.63, 3.8) is 0 Å².